The summed E-state index contributed by atoms with van der Waals surface area (Å²) in [7, 11) is 0. The van der Waals surface area contributed by atoms with Crippen LogP contribution in [0.5, 0.6) is 5.75 Å². The Bertz CT molecular complexity index is 1860. The third-order valence-electron chi connectivity index (χ3n) is 6.47. The van der Waals surface area contributed by atoms with Crippen LogP contribution in [0.2, 0.25) is 0 Å². The Morgan fingerprint density at radius 1 is 0.676 bits per heavy atom. The van der Waals surface area contributed by atoms with Crippen LogP contribution >= 0.6 is 11.3 Å². The SMILES string of the molecule is c1ccc(COc2ccc(-c3ccc4ccc5cccnc5c4n3)cc2-c2nc3ccccc3s2)cc1. The first-order valence-electron chi connectivity index (χ1n) is 12.1. The molecule has 4 aromatic carbocycles. The van der Waals surface area contributed by atoms with Gasteiger partial charge in [-0.15, -0.1) is 11.3 Å². The molecule has 0 aliphatic rings. The summed E-state index contributed by atoms with van der Waals surface area (Å²) in [6.45, 7) is 0.490. The molecule has 3 aromatic heterocycles. The van der Waals surface area contributed by atoms with Gasteiger partial charge in [0.1, 0.15) is 17.4 Å². The van der Waals surface area contributed by atoms with E-state index in [0.29, 0.717) is 6.61 Å². The van der Waals surface area contributed by atoms with E-state index in [1.165, 1.54) is 0 Å². The van der Waals surface area contributed by atoms with Gasteiger partial charge in [0.2, 0.25) is 0 Å². The van der Waals surface area contributed by atoms with Crippen LogP contribution in [0.4, 0.5) is 0 Å². The van der Waals surface area contributed by atoms with Crippen molar-refractivity contribution >= 4 is 43.4 Å². The normalized spacial score (nSPS) is 11.4. The first kappa shape index (κ1) is 21.7. The van der Waals surface area contributed by atoms with Gasteiger partial charge in [0.15, 0.2) is 0 Å². The van der Waals surface area contributed by atoms with Gasteiger partial charge in [-0.05, 0) is 48.0 Å². The number of pyridine rings is 2. The lowest BCUT2D eigenvalue weighted by Gasteiger charge is -2.13. The maximum Gasteiger partial charge on any atom is 0.130 e. The highest BCUT2D eigenvalue weighted by Crippen LogP contribution is 2.39. The number of benzene rings is 4. The lowest BCUT2D eigenvalue weighted by Crippen LogP contribution is -1.97. The maximum atomic E-state index is 6.33. The summed E-state index contributed by atoms with van der Waals surface area (Å²) in [6, 6.07) is 37.1. The molecule has 7 aromatic rings. The molecular weight excluding hydrogens is 474 g/mol. The van der Waals surface area contributed by atoms with Crippen molar-refractivity contribution in [3.8, 4) is 27.6 Å². The molecule has 3 heterocycles. The van der Waals surface area contributed by atoms with Crippen molar-refractivity contribution in [2.24, 2.45) is 0 Å². The second kappa shape index (κ2) is 9.12. The molecule has 0 saturated heterocycles. The number of aromatic nitrogens is 3. The van der Waals surface area contributed by atoms with Gasteiger partial charge < -0.3 is 4.74 Å². The van der Waals surface area contributed by atoms with E-state index in [2.05, 4.69) is 65.6 Å². The zero-order chi connectivity index (χ0) is 24.6. The highest BCUT2D eigenvalue weighted by atomic mass is 32.1. The third kappa shape index (κ3) is 4.09. The quantitative estimate of drug-likeness (QED) is 0.225. The predicted molar refractivity (Wildman–Crippen MR) is 152 cm³/mol. The summed E-state index contributed by atoms with van der Waals surface area (Å²) in [6.07, 6.45) is 1.82. The lowest BCUT2D eigenvalue weighted by molar-refractivity contribution is 0.307. The predicted octanol–water partition coefficient (Wildman–Crippen LogP) is 8.31. The van der Waals surface area contributed by atoms with Gasteiger partial charge in [-0.25, -0.2) is 9.97 Å². The van der Waals surface area contributed by atoms with Crippen molar-refractivity contribution in [3.05, 3.63) is 121 Å². The smallest absolute Gasteiger partial charge is 0.130 e. The average molecular weight is 496 g/mol. The maximum absolute atomic E-state index is 6.33. The highest BCUT2D eigenvalue weighted by molar-refractivity contribution is 7.21. The third-order valence-corrected chi connectivity index (χ3v) is 7.54. The summed E-state index contributed by atoms with van der Waals surface area (Å²) in [5.74, 6) is 0.805. The summed E-state index contributed by atoms with van der Waals surface area (Å²) in [4.78, 5) is 14.6. The number of thiazole rings is 1. The van der Waals surface area contributed by atoms with E-state index in [9.17, 15) is 0 Å². The van der Waals surface area contributed by atoms with E-state index < -0.39 is 0 Å². The standard InChI is InChI=1S/C32H21N3OS/c1-2-7-21(8-3-1)20-36-28-17-15-24(19-25(28)32-35-27-10-4-5-11-29(27)37-32)26-16-14-23-13-12-22-9-6-18-33-30(22)31(23)34-26/h1-19H,20H2. The number of rotatable bonds is 5. The molecule has 0 radical (unpaired) electrons. The number of nitrogens with zero attached hydrogens (tertiary/aromatic N) is 3. The fraction of sp³-hybridized carbons (Fsp3) is 0.0312. The van der Waals surface area contributed by atoms with E-state index in [1.807, 2.05) is 54.7 Å². The Balaban J connectivity index is 1.35. The number of hydrogen-bond acceptors (Lipinski definition) is 5. The summed E-state index contributed by atoms with van der Waals surface area (Å²) >= 11 is 1.67. The minimum atomic E-state index is 0.490. The minimum Gasteiger partial charge on any atom is -0.488 e. The van der Waals surface area contributed by atoms with Gasteiger partial charge in [-0.2, -0.15) is 0 Å². The molecule has 5 heteroatoms. The molecule has 0 atom stereocenters. The Morgan fingerprint density at radius 3 is 2.38 bits per heavy atom. The van der Waals surface area contributed by atoms with E-state index in [-0.39, 0.29) is 0 Å². The molecule has 176 valence electrons. The van der Waals surface area contributed by atoms with Crippen molar-refractivity contribution < 1.29 is 4.74 Å². The van der Waals surface area contributed by atoms with Crippen LogP contribution in [-0.4, -0.2) is 15.0 Å². The van der Waals surface area contributed by atoms with Crippen molar-refractivity contribution in [2.45, 2.75) is 6.61 Å². The number of ether oxygens (including phenoxy) is 1. The molecule has 0 saturated carbocycles. The second-order valence-electron chi connectivity index (χ2n) is 8.88. The van der Waals surface area contributed by atoms with Crippen LogP contribution in [0.25, 0.3) is 53.9 Å². The largest absolute Gasteiger partial charge is 0.488 e. The first-order valence-corrected chi connectivity index (χ1v) is 13.0. The Hall–Kier alpha value is -4.61. The van der Waals surface area contributed by atoms with Gasteiger partial charge in [0.05, 0.1) is 32.5 Å². The van der Waals surface area contributed by atoms with E-state index in [4.69, 9.17) is 14.7 Å². The van der Waals surface area contributed by atoms with Gasteiger partial charge in [-0.3, -0.25) is 4.98 Å². The van der Waals surface area contributed by atoms with Crippen LogP contribution < -0.4 is 4.74 Å². The van der Waals surface area contributed by atoms with Crippen LogP contribution in [0, 0.1) is 0 Å². The van der Waals surface area contributed by atoms with E-state index in [1.54, 1.807) is 11.3 Å². The molecule has 37 heavy (non-hydrogen) atoms. The van der Waals surface area contributed by atoms with Crippen LogP contribution in [0.3, 0.4) is 0 Å². The van der Waals surface area contributed by atoms with Crippen molar-refractivity contribution in [2.75, 3.05) is 0 Å². The fourth-order valence-corrected chi connectivity index (χ4v) is 5.58. The summed E-state index contributed by atoms with van der Waals surface area (Å²) in [5.41, 5.74) is 6.80. The van der Waals surface area contributed by atoms with Crippen LogP contribution in [0.1, 0.15) is 5.56 Å². The van der Waals surface area contributed by atoms with E-state index in [0.717, 1.165) is 65.2 Å². The molecule has 0 amide bonds. The molecule has 0 unspecified atom stereocenters. The first-order chi connectivity index (χ1) is 18.3. The summed E-state index contributed by atoms with van der Waals surface area (Å²) < 4.78 is 7.48. The van der Waals surface area contributed by atoms with Gasteiger partial charge >= 0.3 is 0 Å². The molecule has 7 rings (SSSR count). The van der Waals surface area contributed by atoms with Gasteiger partial charge in [-0.1, -0.05) is 66.7 Å². The number of fused-ring (bicyclic) bond motifs is 4. The number of para-hydroxylation sites is 1. The highest BCUT2D eigenvalue weighted by Gasteiger charge is 2.15. The van der Waals surface area contributed by atoms with Crippen molar-refractivity contribution in [3.63, 3.8) is 0 Å². The van der Waals surface area contributed by atoms with Crippen molar-refractivity contribution in [1.29, 1.82) is 0 Å². The minimum absolute atomic E-state index is 0.490. The molecule has 4 nitrogen and oxygen atoms in total. The second-order valence-corrected chi connectivity index (χ2v) is 9.91. The Kier molecular flexibility index (Phi) is 5.34. The van der Waals surface area contributed by atoms with E-state index >= 15 is 0 Å². The zero-order valence-corrected chi connectivity index (χ0v) is 20.7. The summed E-state index contributed by atoms with van der Waals surface area (Å²) in [5, 5.41) is 3.09. The van der Waals surface area contributed by atoms with Gasteiger partial charge in [0, 0.05) is 22.5 Å². The molecule has 0 aliphatic heterocycles. The molecule has 0 aliphatic carbocycles. The molecule has 0 fully saturated rings. The molecule has 0 bridgehead atoms. The Morgan fingerprint density at radius 2 is 1.49 bits per heavy atom. The van der Waals surface area contributed by atoms with Crippen LogP contribution in [-0.2, 0) is 6.61 Å². The molecular formula is C32H21N3OS. The number of hydrogen-bond donors (Lipinski definition) is 0. The fourth-order valence-electron chi connectivity index (χ4n) is 4.59. The van der Waals surface area contributed by atoms with Crippen molar-refractivity contribution in [1.82, 2.24) is 15.0 Å². The monoisotopic (exact) mass is 495 g/mol. The van der Waals surface area contributed by atoms with Crippen LogP contribution in [0.15, 0.2) is 115 Å². The Labute approximate surface area is 217 Å². The lowest BCUT2D eigenvalue weighted by atomic mass is 10.0. The van der Waals surface area contributed by atoms with Gasteiger partial charge in [0.25, 0.3) is 0 Å². The molecule has 0 N–H and O–H groups in total. The zero-order valence-electron chi connectivity index (χ0n) is 19.8. The average Bonchev–Trinajstić information content (AvgIpc) is 3.40. The topological polar surface area (TPSA) is 47.9 Å². The molecule has 0 spiro atoms.